The van der Waals surface area contributed by atoms with Crippen LogP contribution in [0.25, 0.3) is 11.0 Å². The third-order valence-corrected chi connectivity index (χ3v) is 4.94. The zero-order valence-corrected chi connectivity index (χ0v) is 14.6. The number of fused-ring (bicyclic) bond motifs is 1. The van der Waals surface area contributed by atoms with Gasteiger partial charge in [0.15, 0.2) is 0 Å². The number of aromatic amines is 1. The summed E-state index contributed by atoms with van der Waals surface area (Å²) in [6, 6.07) is 10.3. The number of hydrogen-bond acceptors (Lipinski definition) is 3. The minimum atomic E-state index is 0.0226. The zero-order valence-electron chi connectivity index (χ0n) is 14.6. The lowest BCUT2D eigenvalue weighted by Gasteiger charge is -2.33. The predicted octanol–water partition coefficient (Wildman–Crippen LogP) is 3.36. The Kier molecular flexibility index (Phi) is 4.03. The largest absolute Gasteiger partial charge is 0.337 e. The number of imidazole rings is 1. The molecule has 1 saturated heterocycles. The van der Waals surface area contributed by atoms with Crippen molar-refractivity contribution in [3.63, 3.8) is 0 Å². The van der Waals surface area contributed by atoms with Gasteiger partial charge in [0.05, 0.1) is 11.0 Å². The minimum Gasteiger partial charge on any atom is -0.337 e. The highest BCUT2D eigenvalue weighted by Crippen LogP contribution is 2.31. The number of benzene rings is 1. The van der Waals surface area contributed by atoms with E-state index in [9.17, 15) is 4.79 Å². The quantitative estimate of drug-likeness (QED) is 0.797. The molecule has 6 nitrogen and oxygen atoms in total. The topological polar surface area (TPSA) is 66.8 Å². The summed E-state index contributed by atoms with van der Waals surface area (Å²) in [5, 5.41) is 6.67. The number of piperidine rings is 1. The molecule has 1 fully saturated rings. The third-order valence-electron chi connectivity index (χ3n) is 4.94. The van der Waals surface area contributed by atoms with E-state index in [4.69, 9.17) is 4.98 Å². The van der Waals surface area contributed by atoms with Crippen LogP contribution in [0.2, 0.25) is 0 Å². The van der Waals surface area contributed by atoms with Crippen molar-refractivity contribution in [3.05, 3.63) is 48.0 Å². The van der Waals surface area contributed by atoms with Gasteiger partial charge < -0.3 is 9.47 Å². The SMILES string of the molecule is CC(C)n1c([C@@H]2CCCN(C(=O)c3ccn[nH]3)C2)nc2ccccc21. The fourth-order valence-corrected chi connectivity index (χ4v) is 3.81. The van der Waals surface area contributed by atoms with E-state index in [1.807, 2.05) is 11.0 Å². The molecule has 6 heteroatoms. The molecule has 1 atom stereocenters. The maximum absolute atomic E-state index is 12.7. The first kappa shape index (κ1) is 15.9. The highest BCUT2D eigenvalue weighted by Gasteiger charge is 2.30. The molecule has 1 amide bonds. The lowest BCUT2D eigenvalue weighted by atomic mass is 9.96. The van der Waals surface area contributed by atoms with Crippen LogP contribution in [0.4, 0.5) is 0 Å². The number of aromatic nitrogens is 4. The second-order valence-electron chi connectivity index (χ2n) is 6.98. The van der Waals surface area contributed by atoms with Crippen LogP contribution in [0.3, 0.4) is 0 Å². The van der Waals surface area contributed by atoms with Crippen LogP contribution in [-0.4, -0.2) is 43.6 Å². The summed E-state index contributed by atoms with van der Waals surface area (Å²) < 4.78 is 2.32. The molecule has 1 aliphatic heterocycles. The van der Waals surface area contributed by atoms with Gasteiger partial charge in [0.1, 0.15) is 11.5 Å². The second kappa shape index (κ2) is 6.35. The van der Waals surface area contributed by atoms with Gasteiger partial charge in [0.25, 0.3) is 5.91 Å². The number of hydrogen-bond donors (Lipinski definition) is 1. The van der Waals surface area contributed by atoms with E-state index in [0.29, 0.717) is 18.3 Å². The van der Waals surface area contributed by atoms with Crippen molar-refractivity contribution in [1.82, 2.24) is 24.6 Å². The smallest absolute Gasteiger partial charge is 0.271 e. The third kappa shape index (κ3) is 2.81. The first-order valence-corrected chi connectivity index (χ1v) is 8.90. The van der Waals surface area contributed by atoms with Gasteiger partial charge in [-0.15, -0.1) is 0 Å². The Morgan fingerprint density at radius 2 is 2.12 bits per heavy atom. The first-order chi connectivity index (χ1) is 12.1. The van der Waals surface area contributed by atoms with E-state index in [-0.39, 0.29) is 11.8 Å². The molecule has 2 aromatic heterocycles. The van der Waals surface area contributed by atoms with E-state index in [0.717, 1.165) is 30.7 Å². The molecule has 4 rings (SSSR count). The maximum atomic E-state index is 12.7. The van der Waals surface area contributed by atoms with Gasteiger partial charge in [0.2, 0.25) is 0 Å². The Morgan fingerprint density at radius 1 is 1.28 bits per heavy atom. The molecule has 3 heterocycles. The maximum Gasteiger partial charge on any atom is 0.271 e. The lowest BCUT2D eigenvalue weighted by Crippen LogP contribution is -2.40. The molecule has 1 N–H and O–H groups in total. The molecular weight excluding hydrogens is 314 g/mol. The second-order valence-corrected chi connectivity index (χ2v) is 6.98. The highest BCUT2D eigenvalue weighted by molar-refractivity contribution is 5.92. The van der Waals surface area contributed by atoms with E-state index in [1.165, 1.54) is 5.52 Å². The lowest BCUT2D eigenvalue weighted by molar-refractivity contribution is 0.0697. The molecule has 1 aliphatic rings. The fourth-order valence-electron chi connectivity index (χ4n) is 3.81. The summed E-state index contributed by atoms with van der Waals surface area (Å²) in [7, 11) is 0. The monoisotopic (exact) mass is 337 g/mol. The van der Waals surface area contributed by atoms with E-state index < -0.39 is 0 Å². The predicted molar refractivity (Wildman–Crippen MR) is 96.6 cm³/mol. The van der Waals surface area contributed by atoms with Crippen molar-refractivity contribution < 1.29 is 4.79 Å². The molecule has 25 heavy (non-hydrogen) atoms. The van der Waals surface area contributed by atoms with Crippen LogP contribution in [0.15, 0.2) is 36.5 Å². The average Bonchev–Trinajstić information content (AvgIpc) is 3.28. The zero-order chi connectivity index (χ0) is 17.4. The molecule has 1 aromatic carbocycles. The van der Waals surface area contributed by atoms with Crippen LogP contribution in [0.1, 0.15) is 55.0 Å². The molecule has 0 aliphatic carbocycles. The van der Waals surface area contributed by atoms with Gasteiger partial charge in [-0.1, -0.05) is 12.1 Å². The Morgan fingerprint density at radius 3 is 2.88 bits per heavy atom. The van der Waals surface area contributed by atoms with E-state index in [1.54, 1.807) is 12.3 Å². The van der Waals surface area contributed by atoms with Crippen LogP contribution >= 0.6 is 0 Å². The number of nitrogens with one attached hydrogen (secondary N) is 1. The van der Waals surface area contributed by atoms with Crippen molar-refractivity contribution in [3.8, 4) is 0 Å². The van der Waals surface area contributed by atoms with Gasteiger partial charge >= 0.3 is 0 Å². The van der Waals surface area contributed by atoms with Crippen LogP contribution in [-0.2, 0) is 0 Å². The van der Waals surface area contributed by atoms with Gasteiger partial charge in [-0.2, -0.15) is 5.10 Å². The standard InChI is InChI=1S/C19H23N5O/c1-13(2)24-17-8-4-3-7-15(17)21-18(24)14-6-5-11-23(12-14)19(25)16-9-10-20-22-16/h3-4,7-10,13-14H,5-6,11-12H2,1-2H3,(H,20,22)/t14-/m1/s1. The molecule has 130 valence electrons. The summed E-state index contributed by atoms with van der Waals surface area (Å²) in [6.45, 7) is 5.87. The number of carbonyl (C=O) groups is 1. The van der Waals surface area contributed by atoms with E-state index in [2.05, 4.69) is 46.8 Å². The van der Waals surface area contributed by atoms with Crippen molar-refractivity contribution in [1.29, 1.82) is 0 Å². The van der Waals surface area contributed by atoms with Crippen LogP contribution in [0.5, 0.6) is 0 Å². The molecule has 0 spiro atoms. The molecule has 0 saturated carbocycles. The summed E-state index contributed by atoms with van der Waals surface area (Å²) in [5.41, 5.74) is 2.76. The number of nitrogens with zero attached hydrogens (tertiary/aromatic N) is 4. The van der Waals surface area contributed by atoms with Gasteiger partial charge in [-0.05, 0) is 44.9 Å². The van der Waals surface area contributed by atoms with Crippen molar-refractivity contribution >= 4 is 16.9 Å². The Balaban J connectivity index is 1.66. The van der Waals surface area contributed by atoms with E-state index >= 15 is 0 Å². The molecule has 0 unspecified atom stereocenters. The summed E-state index contributed by atoms with van der Waals surface area (Å²) in [5.74, 6) is 1.38. The normalized spacial score (nSPS) is 18.2. The molecule has 0 radical (unpaired) electrons. The van der Waals surface area contributed by atoms with Gasteiger partial charge in [0, 0.05) is 31.2 Å². The van der Waals surface area contributed by atoms with Gasteiger partial charge in [-0.25, -0.2) is 4.98 Å². The molecule has 3 aromatic rings. The highest BCUT2D eigenvalue weighted by atomic mass is 16.2. The number of likely N-dealkylation sites (tertiary alicyclic amines) is 1. The molecule has 0 bridgehead atoms. The Hall–Kier alpha value is -2.63. The number of rotatable bonds is 3. The minimum absolute atomic E-state index is 0.0226. The number of para-hydroxylation sites is 2. The Labute approximate surface area is 146 Å². The summed E-state index contributed by atoms with van der Waals surface area (Å²) in [6.07, 6.45) is 3.67. The van der Waals surface area contributed by atoms with Crippen LogP contribution in [0, 0.1) is 0 Å². The summed E-state index contributed by atoms with van der Waals surface area (Å²) in [4.78, 5) is 19.5. The number of H-pyrrole nitrogens is 1. The van der Waals surface area contributed by atoms with Crippen molar-refractivity contribution in [2.75, 3.05) is 13.1 Å². The van der Waals surface area contributed by atoms with Crippen LogP contribution < -0.4 is 0 Å². The Bertz CT molecular complexity index is 881. The summed E-state index contributed by atoms with van der Waals surface area (Å²) >= 11 is 0. The number of carbonyl (C=O) groups excluding carboxylic acids is 1. The van der Waals surface area contributed by atoms with Crippen molar-refractivity contribution in [2.24, 2.45) is 0 Å². The van der Waals surface area contributed by atoms with Gasteiger partial charge in [-0.3, -0.25) is 9.89 Å². The first-order valence-electron chi connectivity index (χ1n) is 8.90. The molecular formula is C19H23N5O. The number of amides is 1. The average molecular weight is 337 g/mol. The fraction of sp³-hybridized carbons (Fsp3) is 0.421. The van der Waals surface area contributed by atoms with Crippen molar-refractivity contribution in [2.45, 2.75) is 38.6 Å².